The average Bonchev–Trinajstić information content (AvgIpc) is 3.03. The van der Waals surface area contributed by atoms with Crippen LogP contribution in [0.2, 0.25) is 0 Å². The largest absolute Gasteiger partial charge is 0.476 e. The van der Waals surface area contributed by atoms with Gasteiger partial charge in [0.25, 0.3) is 0 Å². The van der Waals surface area contributed by atoms with Gasteiger partial charge in [-0.25, -0.2) is 14.5 Å². The molecule has 0 unspecified atom stereocenters. The van der Waals surface area contributed by atoms with Crippen LogP contribution in [0.3, 0.4) is 0 Å². The van der Waals surface area contributed by atoms with Crippen molar-refractivity contribution in [3.8, 4) is 0 Å². The van der Waals surface area contributed by atoms with Crippen LogP contribution in [0, 0.1) is 6.92 Å². The Bertz CT molecular complexity index is 819. The number of hydrogen-bond donors (Lipinski definition) is 2. The molecule has 0 spiro atoms. The molecule has 0 radical (unpaired) electrons. The van der Waals surface area contributed by atoms with E-state index in [1.165, 1.54) is 4.68 Å². The van der Waals surface area contributed by atoms with E-state index in [1.54, 1.807) is 0 Å². The first-order chi connectivity index (χ1) is 10.1. The summed E-state index contributed by atoms with van der Waals surface area (Å²) in [6.45, 7) is 2.37. The zero-order valence-corrected chi connectivity index (χ0v) is 11.4. The van der Waals surface area contributed by atoms with Crippen molar-refractivity contribution >= 4 is 11.6 Å². The van der Waals surface area contributed by atoms with Crippen molar-refractivity contribution in [1.29, 1.82) is 0 Å². The Morgan fingerprint density at radius 2 is 2.29 bits per heavy atom. The number of nitrogens with zero attached hydrogens (tertiary/aromatic N) is 5. The minimum Gasteiger partial charge on any atom is -0.476 e. The van der Waals surface area contributed by atoms with Crippen molar-refractivity contribution in [3.05, 3.63) is 47.2 Å². The SMILES string of the molecule is Cc1cccn2cc(Cn3nnc(C(=O)O)c3CN)nc12. The van der Waals surface area contributed by atoms with Gasteiger partial charge in [-0.05, 0) is 18.6 Å². The third-order valence-electron chi connectivity index (χ3n) is 3.27. The van der Waals surface area contributed by atoms with E-state index in [0.29, 0.717) is 12.2 Å². The van der Waals surface area contributed by atoms with E-state index in [9.17, 15) is 4.79 Å². The summed E-state index contributed by atoms with van der Waals surface area (Å²) in [7, 11) is 0. The molecule has 0 saturated carbocycles. The molecular formula is C13H14N6O2. The lowest BCUT2D eigenvalue weighted by molar-refractivity contribution is 0.0689. The molecule has 0 fully saturated rings. The van der Waals surface area contributed by atoms with E-state index < -0.39 is 5.97 Å². The summed E-state index contributed by atoms with van der Waals surface area (Å²) in [5.74, 6) is -1.13. The third kappa shape index (κ3) is 2.25. The summed E-state index contributed by atoms with van der Waals surface area (Å²) < 4.78 is 3.39. The molecule has 0 aliphatic carbocycles. The summed E-state index contributed by atoms with van der Waals surface area (Å²) in [6.07, 6.45) is 3.79. The first-order valence-electron chi connectivity index (χ1n) is 6.39. The van der Waals surface area contributed by atoms with E-state index >= 15 is 0 Å². The Hall–Kier alpha value is -2.74. The van der Waals surface area contributed by atoms with Gasteiger partial charge in [0.2, 0.25) is 0 Å². The average molecular weight is 286 g/mol. The minimum atomic E-state index is -1.13. The van der Waals surface area contributed by atoms with Gasteiger partial charge in [0.05, 0.1) is 17.9 Å². The van der Waals surface area contributed by atoms with Gasteiger partial charge >= 0.3 is 5.97 Å². The summed E-state index contributed by atoms with van der Waals surface area (Å²) >= 11 is 0. The predicted octanol–water partition coefficient (Wildman–Crippen LogP) is 0.439. The molecule has 0 saturated heterocycles. The molecule has 3 N–H and O–H groups in total. The van der Waals surface area contributed by atoms with Gasteiger partial charge in [-0.15, -0.1) is 5.10 Å². The second-order valence-corrected chi connectivity index (χ2v) is 4.71. The lowest BCUT2D eigenvalue weighted by Gasteiger charge is -2.02. The number of carbonyl (C=O) groups is 1. The smallest absolute Gasteiger partial charge is 0.358 e. The number of aromatic carboxylic acids is 1. The lowest BCUT2D eigenvalue weighted by atomic mass is 10.3. The fraction of sp³-hybridized carbons (Fsp3) is 0.231. The van der Waals surface area contributed by atoms with Gasteiger partial charge in [-0.1, -0.05) is 11.3 Å². The third-order valence-corrected chi connectivity index (χ3v) is 3.27. The highest BCUT2D eigenvalue weighted by molar-refractivity contribution is 5.86. The number of nitrogens with two attached hydrogens (primary N) is 1. The molecule has 8 heteroatoms. The number of pyridine rings is 1. The Labute approximate surface area is 119 Å². The molecule has 0 aromatic carbocycles. The molecular weight excluding hydrogens is 272 g/mol. The molecule has 0 bridgehead atoms. The van der Waals surface area contributed by atoms with Crippen LogP contribution in [-0.4, -0.2) is 35.5 Å². The topological polar surface area (TPSA) is 111 Å². The molecule has 0 aliphatic rings. The van der Waals surface area contributed by atoms with Crippen LogP contribution >= 0.6 is 0 Å². The summed E-state index contributed by atoms with van der Waals surface area (Å²) in [5, 5.41) is 16.5. The van der Waals surface area contributed by atoms with Crippen molar-refractivity contribution in [1.82, 2.24) is 24.4 Å². The van der Waals surface area contributed by atoms with Gasteiger partial charge in [0.15, 0.2) is 5.69 Å². The van der Waals surface area contributed by atoms with Crippen molar-refractivity contribution in [2.24, 2.45) is 5.73 Å². The van der Waals surface area contributed by atoms with Crippen LogP contribution in [0.25, 0.3) is 5.65 Å². The van der Waals surface area contributed by atoms with E-state index in [1.807, 2.05) is 35.9 Å². The number of aromatic nitrogens is 5. The summed E-state index contributed by atoms with van der Waals surface area (Å²) in [4.78, 5) is 15.6. The maximum atomic E-state index is 11.0. The molecule has 21 heavy (non-hydrogen) atoms. The van der Waals surface area contributed by atoms with E-state index in [0.717, 1.165) is 16.9 Å². The van der Waals surface area contributed by atoms with Crippen LogP contribution < -0.4 is 5.73 Å². The minimum absolute atomic E-state index is 0.0566. The quantitative estimate of drug-likeness (QED) is 0.719. The molecule has 3 heterocycles. The van der Waals surface area contributed by atoms with Gasteiger partial charge in [0, 0.05) is 18.9 Å². The number of fused-ring (bicyclic) bond motifs is 1. The van der Waals surface area contributed by atoms with E-state index in [2.05, 4.69) is 15.3 Å². The van der Waals surface area contributed by atoms with Crippen LogP contribution in [0.15, 0.2) is 24.5 Å². The van der Waals surface area contributed by atoms with Crippen LogP contribution in [-0.2, 0) is 13.1 Å². The van der Waals surface area contributed by atoms with Gasteiger partial charge in [-0.3, -0.25) is 0 Å². The number of hydrogen-bond acceptors (Lipinski definition) is 5. The Morgan fingerprint density at radius 1 is 1.48 bits per heavy atom. The number of carboxylic acid groups (broad SMARTS) is 1. The van der Waals surface area contributed by atoms with Crippen LogP contribution in [0.4, 0.5) is 0 Å². The van der Waals surface area contributed by atoms with Gasteiger partial charge in [0.1, 0.15) is 5.65 Å². The van der Waals surface area contributed by atoms with Gasteiger partial charge < -0.3 is 15.2 Å². The van der Waals surface area contributed by atoms with Crippen molar-refractivity contribution in [3.63, 3.8) is 0 Å². The first-order valence-corrected chi connectivity index (χ1v) is 6.39. The lowest BCUT2D eigenvalue weighted by Crippen LogP contribution is -2.13. The molecule has 108 valence electrons. The zero-order valence-electron chi connectivity index (χ0n) is 11.4. The Morgan fingerprint density at radius 3 is 2.95 bits per heavy atom. The molecule has 0 aliphatic heterocycles. The van der Waals surface area contributed by atoms with Crippen molar-refractivity contribution in [2.75, 3.05) is 0 Å². The van der Waals surface area contributed by atoms with Crippen molar-refractivity contribution < 1.29 is 9.90 Å². The maximum absolute atomic E-state index is 11.0. The predicted molar refractivity (Wildman–Crippen MR) is 73.9 cm³/mol. The second-order valence-electron chi connectivity index (χ2n) is 4.71. The Kier molecular flexibility index (Phi) is 3.15. The zero-order chi connectivity index (χ0) is 15.0. The maximum Gasteiger partial charge on any atom is 0.358 e. The first kappa shape index (κ1) is 13.3. The van der Waals surface area contributed by atoms with Crippen molar-refractivity contribution in [2.45, 2.75) is 20.0 Å². The monoisotopic (exact) mass is 286 g/mol. The fourth-order valence-electron chi connectivity index (χ4n) is 2.26. The number of imidazole rings is 1. The standard InChI is InChI=1S/C13H14N6O2/c1-8-3-2-4-18-6-9(15-12(8)18)7-19-10(5-14)11(13(20)21)16-17-19/h2-4,6H,5,7,14H2,1H3,(H,20,21). The van der Waals surface area contributed by atoms with Gasteiger partial charge in [-0.2, -0.15) is 0 Å². The number of aryl methyl sites for hydroxylation is 1. The second kappa shape index (κ2) is 4.98. The molecule has 3 aromatic heterocycles. The molecule has 8 nitrogen and oxygen atoms in total. The highest BCUT2D eigenvalue weighted by atomic mass is 16.4. The molecule has 0 amide bonds. The highest BCUT2D eigenvalue weighted by Gasteiger charge is 2.18. The van der Waals surface area contributed by atoms with E-state index in [-0.39, 0.29) is 12.2 Å². The number of carboxylic acids is 1. The molecule has 3 aromatic rings. The normalized spacial score (nSPS) is 11.1. The van der Waals surface area contributed by atoms with Crippen LogP contribution in [0.5, 0.6) is 0 Å². The molecule has 0 atom stereocenters. The summed E-state index contributed by atoms with van der Waals surface area (Å²) in [6, 6.07) is 3.92. The van der Waals surface area contributed by atoms with Crippen LogP contribution in [0.1, 0.15) is 27.4 Å². The fourth-order valence-corrected chi connectivity index (χ4v) is 2.26. The Balaban J connectivity index is 1.99. The number of rotatable bonds is 4. The molecule has 3 rings (SSSR count). The van der Waals surface area contributed by atoms with E-state index in [4.69, 9.17) is 10.8 Å². The summed E-state index contributed by atoms with van der Waals surface area (Å²) in [5.41, 5.74) is 8.56. The highest BCUT2D eigenvalue weighted by Crippen LogP contribution is 2.12.